The molecule has 0 spiro atoms. The fourth-order valence-electron chi connectivity index (χ4n) is 2.49. The normalized spacial score (nSPS) is 18.2. The van der Waals surface area contributed by atoms with Gasteiger partial charge in [-0.2, -0.15) is 0 Å². The first-order valence-corrected chi connectivity index (χ1v) is 6.64. The molecule has 0 radical (unpaired) electrons. The Labute approximate surface area is 119 Å². The summed E-state index contributed by atoms with van der Waals surface area (Å²) < 4.78 is 4.91. The number of esters is 1. The molecule has 0 aromatic heterocycles. The molecule has 0 saturated carbocycles. The van der Waals surface area contributed by atoms with Crippen LogP contribution in [0.15, 0.2) is 24.3 Å². The van der Waals surface area contributed by atoms with Crippen molar-refractivity contribution in [2.24, 2.45) is 0 Å². The Morgan fingerprint density at radius 2 is 2.05 bits per heavy atom. The molecule has 2 rings (SSSR count). The molecule has 108 valence electrons. The van der Waals surface area contributed by atoms with Crippen LogP contribution in [-0.2, 0) is 20.7 Å². The molecule has 1 aromatic rings. The summed E-state index contributed by atoms with van der Waals surface area (Å²) in [5.41, 5.74) is 2.09. The van der Waals surface area contributed by atoms with Gasteiger partial charge in [-0.15, -0.1) is 0 Å². The minimum Gasteiger partial charge on any atom is -0.468 e. The van der Waals surface area contributed by atoms with E-state index in [9.17, 15) is 9.59 Å². The maximum absolute atomic E-state index is 12.1. The van der Waals surface area contributed by atoms with Gasteiger partial charge < -0.3 is 9.64 Å². The van der Waals surface area contributed by atoms with Crippen LogP contribution in [0.25, 0.3) is 0 Å². The third kappa shape index (κ3) is 2.82. The Hall–Kier alpha value is -1.88. The SMILES string of the molecule is COC(=O)C1c2ccccc2CCN1CC(=O)N(C)C. The van der Waals surface area contributed by atoms with E-state index in [1.165, 1.54) is 12.0 Å². The second-order valence-corrected chi connectivity index (χ2v) is 5.13. The van der Waals surface area contributed by atoms with Crippen LogP contribution >= 0.6 is 0 Å². The number of ether oxygens (including phenoxy) is 1. The lowest BCUT2D eigenvalue weighted by Gasteiger charge is -2.35. The number of carbonyl (C=O) groups is 2. The molecule has 20 heavy (non-hydrogen) atoms. The monoisotopic (exact) mass is 276 g/mol. The largest absolute Gasteiger partial charge is 0.468 e. The van der Waals surface area contributed by atoms with Crippen LogP contribution in [0.2, 0.25) is 0 Å². The van der Waals surface area contributed by atoms with Gasteiger partial charge in [0.2, 0.25) is 5.91 Å². The maximum atomic E-state index is 12.1. The molecule has 0 saturated heterocycles. The molecule has 1 amide bonds. The highest BCUT2D eigenvalue weighted by Gasteiger charge is 2.34. The van der Waals surface area contributed by atoms with Crippen molar-refractivity contribution in [1.82, 2.24) is 9.80 Å². The fourth-order valence-corrected chi connectivity index (χ4v) is 2.49. The van der Waals surface area contributed by atoms with Crippen LogP contribution in [0.3, 0.4) is 0 Å². The molecule has 0 aliphatic carbocycles. The van der Waals surface area contributed by atoms with Crippen molar-refractivity contribution < 1.29 is 14.3 Å². The second kappa shape index (κ2) is 6.05. The third-order valence-electron chi connectivity index (χ3n) is 3.64. The Kier molecular flexibility index (Phi) is 4.39. The van der Waals surface area contributed by atoms with E-state index < -0.39 is 6.04 Å². The molecule has 1 aromatic carbocycles. The Morgan fingerprint density at radius 1 is 1.35 bits per heavy atom. The summed E-state index contributed by atoms with van der Waals surface area (Å²) in [4.78, 5) is 27.4. The van der Waals surface area contributed by atoms with Crippen LogP contribution in [0, 0.1) is 0 Å². The number of amides is 1. The van der Waals surface area contributed by atoms with Gasteiger partial charge in [0.1, 0.15) is 6.04 Å². The van der Waals surface area contributed by atoms with Gasteiger partial charge >= 0.3 is 5.97 Å². The maximum Gasteiger partial charge on any atom is 0.327 e. The van der Waals surface area contributed by atoms with E-state index in [0.29, 0.717) is 6.54 Å². The number of benzene rings is 1. The first-order chi connectivity index (χ1) is 9.54. The molecule has 1 aliphatic heterocycles. The van der Waals surface area contributed by atoms with Gasteiger partial charge in [-0.3, -0.25) is 9.69 Å². The lowest BCUT2D eigenvalue weighted by Crippen LogP contribution is -2.45. The lowest BCUT2D eigenvalue weighted by molar-refractivity contribution is -0.148. The highest BCUT2D eigenvalue weighted by Crippen LogP contribution is 2.30. The van der Waals surface area contributed by atoms with Gasteiger partial charge in [-0.25, -0.2) is 4.79 Å². The summed E-state index contributed by atoms with van der Waals surface area (Å²) in [5, 5.41) is 0. The van der Waals surface area contributed by atoms with E-state index in [1.54, 1.807) is 14.1 Å². The number of hydrogen-bond acceptors (Lipinski definition) is 4. The molecule has 1 heterocycles. The number of fused-ring (bicyclic) bond motifs is 1. The van der Waals surface area contributed by atoms with Crippen molar-refractivity contribution in [2.75, 3.05) is 34.3 Å². The van der Waals surface area contributed by atoms with Gasteiger partial charge in [-0.1, -0.05) is 24.3 Å². The summed E-state index contributed by atoms with van der Waals surface area (Å²) in [6, 6.07) is 7.34. The van der Waals surface area contributed by atoms with Crippen molar-refractivity contribution >= 4 is 11.9 Å². The molecule has 0 N–H and O–H groups in total. The fraction of sp³-hybridized carbons (Fsp3) is 0.467. The number of likely N-dealkylation sites (N-methyl/N-ethyl adjacent to an activating group) is 1. The number of hydrogen-bond donors (Lipinski definition) is 0. The third-order valence-corrected chi connectivity index (χ3v) is 3.64. The minimum atomic E-state index is -0.492. The standard InChI is InChI=1S/C15H20N2O3/c1-16(2)13(18)10-17-9-8-11-6-4-5-7-12(11)14(17)15(19)20-3/h4-7,14H,8-10H2,1-3H3. The van der Waals surface area contributed by atoms with Crippen molar-refractivity contribution in [2.45, 2.75) is 12.5 Å². The molecule has 5 heteroatoms. The molecule has 0 fully saturated rings. The van der Waals surface area contributed by atoms with E-state index >= 15 is 0 Å². The molecular weight excluding hydrogens is 256 g/mol. The van der Waals surface area contributed by atoms with Crippen molar-refractivity contribution in [3.8, 4) is 0 Å². The van der Waals surface area contributed by atoms with Gasteiger partial charge in [0.25, 0.3) is 0 Å². The van der Waals surface area contributed by atoms with Crippen LogP contribution in [0.5, 0.6) is 0 Å². The second-order valence-electron chi connectivity index (χ2n) is 5.13. The van der Waals surface area contributed by atoms with Crippen LogP contribution in [0.1, 0.15) is 17.2 Å². The summed E-state index contributed by atoms with van der Waals surface area (Å²) in [5.74, 6) is -0.331. The zero-order valence-corrected chi connectivity index (χ0v) is 12.1. The number of rotatable bonds is 3. The quantitative estimate of drug-likeness (QED) is 0.768. The molecule has 1 unspecified atom stereocenters. The Morgan fingerprint density at radius 3 is 2.70 bits per heavy atom. The van der Waals surface area contributed by atoms with E-state index in [2.05, 4.69) is 0 Å². The van der Waals surface area contributed by atoms with Crippen LogP contribution in [-0.4, -0.2) is 56.0 Å². The van der Waals surface area contributed by atoms with Crippen LogP contribution < -0.4 is 0 Å². The van der Waals surface area contributed by atoms with Crippen molar-refractivity contribution in [3.05, 3.63) is 35.4 Å². The van der Waals surface area contributed by atoms with Crippen molar-refractivity contribution in [1.29, 1.82) is 0 Å². The average Bonchev–Trinajstić information content (AvgIpc) is 2.46. The lowest BCUT2D eigenvalue weighted by atomic mass is 9.92. The average molecular weight is 276 g/mol. The topological polar surface area (TPSA) is 49.9 Å². The molecule has 0 bridgehead atoms. The summed E-state index contributed by atoms with van der Waals surface area (Å²) in [6.07, 6.45) is 0.838. The highest BCUT2D eigenvalue weighted by atomic mass is 16.5. The molecule has 1 atom stereocenters. The zero-order valence-electron chi connectivity index (χ0n) is 12.1. The predicted molar refractivity (Wildman–Crippen MR) is 75.2 cm³/mol. The predicted octanol–water partition coefficient (Wildman–Crippen LogP) is 0.847. The zero-order chi connectivity index (χ0) is 14.7. The highest BCUT2D eigenvalue weighted by molar-refractivity contribution is 5.81. The van der Waals surface area contributed by atoms with Crippen molar-refractivity contribution in [3.63, 3.8) is 0 Å². The minimum absolute atomic E-state index is 0.0155. The number of carbonyl (C=O) groups excluding carboxylic acids is 2. The Bertz CT molecular complexity index is 514. The molecular formula is C15H20N2O3. The van der Waals surface area contributed by atoms with E-state index in [1.807, 2.05) is 29.2 Å². The molecule has 5 nitrogen and oxygen atoms in total. The first-order valence-electron chi connectivity index (χ1n) is 6.64. The van der Waals surface area contributed by atoms with Gasteiger partial charge in [-0.05, 0) is 17.5 Å². The smallest absolute Gasteiger partial charge is 0.327 e. The van der Waals surface area contributed by atoms with Gasteiger partial charge in [0, 0.05) is 20.6 Å². The van der Waals surface area contributed by atoms with Crippen LogP contribution in [0.4, 0.5) is 0 Å². The van der Waals surface area contributed by atoms with E-state index in [4.69, 9.17) is 4.74 Å². The van der Waals surface area contributed by atoms with E-state index in [-0.39, 0.29) is 18.4 Å². The molecule has 1 aliphatic rings. The summed E-state index contributed by atoms with van der Waals surface area (Å²) >= 11 is 0. The summed E-state index contributed by atoms with van der Waals surface area (Å²) in [7, 11) is 4.81. The Balaban J connectivity index is 2.30. The van der Waals surface area contributed by atoms with Gasteiger partial charge in [0.05, 0.1) is 13.7 Å². The van der Waals surface area contributed by atoms with E-state index in [0.717, 1.165) is 17.5 Å². The number of nitrogens with zero attached hydrogens (tertiary/aromatic N) is 2. The number of methoxy groups -OCH3 is 1. The van der Waals surface area contributed by atoms with Gasteiger partial charge in [0.15, 0.2) is 0 Å². The first kappa shape index (κ1) is 14.5. The summed E-state index contributed by atoms with van der Waals surface area (Å²) in [6.45, 7) is 0.900.